The van der Waals surface area contributed by atoms with Gasteiger partial charge in [-0.25, -0.2) is 9.79 Å². The number of aryl methyl sites for hydroxylation is 1. The molecule has 182 valence electrons. The van der Waals surface area contributed by atoms with E-state index in [1.165, 1.54) is 11.3 Å². The van der Waals surface area contributed by atoms with Gasteiger partial charge in [0.25, 0.3) is 5.56 Å². The molecule has 1 atom stereocenters. The second-order valence-electron chi connectivity index (χ2n) is 8.62. The number of carbonyl (C=O) groups excluding carboxylic acids is 1. The molecule has 36 heavy (non-hydrogen) atoms. The number of allylic oxidation sites excluding steroid dienone is 1. The quantitative estimate of drug-likeness (QED) is 0.386. The molecule has 0 unspecified atom stereocenters. The summed E-state index contributed by atoms with van der Waals surface area (Å²) in [4.78, 5) is 32.1. The van der Waals surface area contributed by atoms with Crippen LogP contribution in [0.2, 0.25) is 0 Å². The average Bonchev–Trinajstić information content (AvgIpc) is 3.18. The summed E-state index contributed by atoms with van der Waals surface area (Å²) >= 11 is 1.32. The summed E-state index contributed by atoms with van der Waals surface area (Å²) in [6, 6.07) is 19.0. The Hall–Kier alpha value is -3.97. The summed E-state index contributed by atoms with van der Waals surface area (Å²) < 4.78 is 13.0. The van der Waals surface area contributed by atoms with E-state index < -0.39 is 12.0 Å². The fourth-order valence-corrected chi connectivity index (χ4v) is 5.63. The van der Waals surface area contributed by atoms with Crippen molar-refractivity contribution in [1.82, 2.24) is 4.57 Å². The number of hydrogen-bond acceptors (Lipinski definition) is 6. The zero-order valence-corrected chi connectivity index (χ0v) is 21.4. The predicted molar refractivity (Wildman–Crippen MR) is 142 cm³/mol. The Bertz CT molecular complexity index is 1690. The third-order valence-corrected chi connectivity index (χ3v) is 7.32. The van der Waals surface area contributed by atoms with Gasteiger partial charge in [0.2, 0.25) is 0 Å². The zero-order valence-electron chi connectivity index (χ0n) is 20.6. The molecule has 4 aromatic rings. The number of hydrogen-bond donors (Lipinski definition) is 0. The Morgan fingerprint density at radius 3 is 2.47 bits per heavy atom. The first-order chi connectivity index (χ1) is 17.4. The van der Waals surface area contributed by atoms with Gasteiger partial charge in [-0.2, -0.15) is 0 Å². The first-order valence-corrected chi connectivity index (χ1v) is 12.6. The Balaban J connectivity index is 1.75. The Morgan fingerprint density at radius 1 is 1.06 bits per heavy atom. The van der Waals surface area contributed by atoms with Crippen molar-refractivity contribution in [3.63, 3.8) is 0 Å². The second kappa shape index (κ2) is 9.59. The molecule has 5 rings (SSSR count). The van der Waals surface area contributed by atoms with Crippen LogP contribution in [0.25, 0.3) is 16.8 Å². The molecular weight excluding hydrogens is 472 g/mol. The van der Waals surface area contributed by atoms with Gasteiger partial charge in [-0.3, -0.25) is 9.36 Å². The van der Waals surface area contributed by atoms with Crippen molar-refractivity contribution in [2.75, 3.05) is 13.7 Å². The van der Waals surface area contributed by atoms with Crippen LogP contribution in [0.1, 0.15) is 36.6 Å². The van der Waals surface area contributed by atoms with Gasteiger partial charge in [0, 0.05) is 5.39 Å². The molecule has 1 aliphatic rings. The van der Waals surface area contributed by atoms with Crippen LogP contribution in [-0.2, 0) is 9.53 Å². The molecule has 0 amide bonds. The third-order valence-electron chi connectivity index (χ3n) is 6.33. The maximum atomic E-state index is 13.8. The molecular formula is C29H26N2O4S. The van der Waals surface area contributed by atoms with Crippen LogP contribution in [0.4, 0.5) is 0 Å². The standard InChI is InChI=1S/C29H26N2O4S/c1-5-35-28(33)25-18(3)30-29-31(26(25)19-12-10-17(2)11-13-19)27(32)24(36-29)16-20-14-15-23(34-4)22-9-7-6-8-21(20)22/h6-16,26H,5H2,1-4H3/b24-16+/t26-/m1/s1. The van der Waals surface area contributed by atoms with E-state index in [4.69, 9.17) is 9.47 Å². The highest BCUT2D eigenvalue weighted by Crippen LogP contribution is 2.31. The smallest absolute Gasteiger partial charge is 0.338 e. The summed E-state index contributed by atoms with van der Waals surface area (Å²) in [7, 11) is 1.65. The van der Waals surface area contributed by atoms with E-state index in [0.29, 0.717) is 20.6 Å². The van der Waals surface area contributed by atoms with Crippen molar-refractivity contribution in [3.8, 4) is 5.75 Å². The predicted octanol–water partition coefficient (Wildman–Crippen LogP) is 4.27. The number of carbonyl (C=O) groups is 1. The molecule has 0 saturated carbocycles. The molecule has 0 fully saturated rings. The lowest BCUT2D eigenvalue weighted by Crippen LogP contribution is -2.39. The van der Waals surface area contributed by atoms with Crippen molar-refractivity contribution in [3.05, 3.63) is 108 Å². The van der Waals surface area contributed by atoms with Crippen molar-refractivity contribution in [2.24, 2.45) is 4.99 Å². The van der Waals surface area contributed by atoms with Gasteiger partial charge < -0.3 is 9.47 Å². The van der Waals surface area contributed by atoms with Crippen molar-refractivity contribution >= 4 is 34.2 Å². The summed E-state index contributed by atoms with van der Waals surface area (Å²) in [5, 5.41) is 1.96. The minimum absolute atomic E-state index is 0.196. The number of rotatable bonds is 5. The fourth-order valence-electron chi connectivity index (χ4n) is 4.60. The van der Waals surface area contributed by atoms with Crippen LogP contribution >= 0.6 is 11.3 Å². The number of methoxy groups -OCH3 is 1. The molecule has 0 spiro atoms. The minimum Gasteiger partial charge on any atom is -0.496 e. The van der Waals surface area contributed by atoms with Gasteiger partial charge in [0.1, 0.15) is 5.75 Å². The van der Waals surface area contributed by atoms with E-state index >= 15 is 0 Å². The third kappa shape index (κ3) is 4.05. The normalized spacial score (nSPS) is 15.6. The van der Waals surface area contributed by atoms with Crippen molar-refractivity contribution in [2.45, 2.75) is 26.8 Å². The lowest BCUT2D eigenvalue weighted by Gasteiger charge is -2.24. The Labute approximate surface area is 212 Å². The first-order valence-electron chi connectivity index (χ1n) is 11.7. The molecule has 7 heteroatoms. The van der Waals surface area contributed by atoms with Crippen molar-refractivity contribution in [1.29, 1.82) is 0 Å². The van der Waals surface area contributed by atoms with Gasteiger partial charge in [0.15, 0.2) is 4.80 Å². The molecule has 3 aromatic carbocycles. The molecule has 0 aliphatic carbocycles. The van der Waals surface area contributed by atoms with E-state index in [1.807, 2.05) is 73.7 Å². The maximum absolute atomic E-state index is 13.8. The second-order valence-corrected chi connectivity index (χ2v) is 9.62. The van der Waals surface area contributed by atoms with Gasteiger partial charge >= 0.3 is 5.97 Å². The number of esters is 1. The van der Waals surface area contributed by atoms with Crippen molar-refractivity contribution < 1.29 is 14.3 Å². The van der Waals surface area contributed by atoms with E-state index in [1.54, 1.807) is 25.5 Å². The average molecular weight is 499 g/mol. The molecule has 1 aromatic heterocycles. The SMILES string of the molecule is CCOC(=O)C1=C(C)N=c2s/c(=C/c3ccc(OC)c4ccccc34)c(=O)n2[C@@H]1c1ccc(C)cc1. The number of ether oxygens (including phenoxy) is 2. The van der Waals surface area contributed by atoms with Gasteiger partial charge in [0.05, 0.1) is 35.6 Å². The summed E-state index contributed by atoms with van der Waals surface area (Å²) in [5.41, 5.74) is 3.58. The molecule has 0 saturated heterocycles. The molecule has 0 N–H and O–H groups in total. The molecule has 1 aliphatic heterocycles. The highest BCUT2D eigenvalue weighted by molar-refractivity contribution is 7.07. The lowest BCUT2D eigenvalue weighted by atomic mass is 9.95. The minimum atomic E-state index is -0.615. The summed E-state index contributed by atoms with van der Waals surface area (Å²) in [5.74, 6) is 0.318. The molecule has 0 bridgehead atoms. The molecule has 6 nitrogen and oxygen atoms in total. The highest BCUT2D eigenvalue weighted by atomic mass is 32.1. The maximum Gasteiger partial charge on any atom is 0.338 e. The van der Waals surface area contributed by atoms with E-state index in [2.05, 4.69) is 4.99 Å². The fraction of sp³-hybridized carbons (Fsp3) is 0.207. The monoisotopic (exact) mass is 498 g/mol. The van der Waals surface area contributed by atoms with E-state index in [-0.39, 0.29) is 12.2 Å². The topological polar surface area (TPSA) is 69.9 Å². The van der Waals surface area contributed by atoms with Gasteiger partial charge in [-0.1, -0.05) is 71.5 Å². The number of fused-ring (bicyclic) bond motifs is 2. The highest BCUT2D eigenvalue weighted by Gasteiger charge is 2.33. The lowest BCUT2D eigenvalue weighted by molar-refractivity contribution is -0.139. The largest absolute Gasteiger partial charge is 0.496 e. The Morgan fingerprint density at radius 2 is 1.78 bits per heavy atom. The summed E-state index contributed by atoms with van der Waals surface area (Å²) in [6.07, 6.45) is 1.89. The van der Waals surface area contributed by atoms with Crippen LogP contribution in [0, 0.1) is 6.92 Å². The summed E-state index contributed by atoms with van der Waals surface area (Å²) in [6.45, 7) is 5.80. The van der Waals surface area contributed by atoms with Gasteiger partial charge in [-0.05, 0) is 49.4 Å². The molecule has 0 radical (unpaired) electrons. The first kappa shape index (κ1) is 23.8. The van der Waals surface area contributed by atoms with E-state index in [0.717, 1.165) is 33.2 Å². The number of benzene rings is 3. The number of nitrogens with zero attached hydrogens (tertiary/aromatic N) is 2. The van der Waals surface area contributed by atoms with Crippen LogP contribution in [0.15, 0.2) is 81.7 Å². The Kier molecular flexibility index (Phi) is 6.33. The van der Waals surface area contributed by atoms with Crippen LogP contribution in [0.3, 0.4) is 0 Å². The number of thiazole rings is 1. The van der Waals surface area contributed by atoms with Crippen LogP contribution in [0.5, 0.6) is 5.75 Å². The van der Waals surface area contributed by atoms with E-state index in [9.17, 15) is 9.59 Å². The van der Waals surface area contributed by atoms with Gasteiger partial charge in [-0.15, -0.1) is 0 Å². The number of aromatic nitrogens is 1. The van der Waals surface area contributed by atoms with Crippen LogP contribution in [-0.4, -0.2) is 24.3 Å². The molecule has 2 heterocycles. The van der Waals surface area contributed by atoms with Crippen LogP contribution < -0.4 is 19.6 Å². The zero-order chi connectivity index (χ0) is 25.4.